The minimum Gasteiger partial charge on any atom is -0.480 e. The molecule has 0 aliphatic rings. The molecule has 1 amide bonds. The van der Waals surface area contributed by atoms with Crippen LogP contribution in [0.3, 0.4) is 0 Å². The molecule has 0 unspecified atom stereocenters. The highest BCUT2D eigenvalue weighted by Crippen LogP contribution is 2.13. The number of carboxylic acids is 1. The molecule has 0 saturated carbocycles. The van der Waals surface area contributed by atoms with Gasteiger partial charge in [0.25, 0.3) is 0 Å². The number of hydrogen-bond donors (Lipinski definition) is 2. The van der Waals surface area contributed by atoms with Crippen LogP contribution in [0, 0.1) is 5.82 Å². The molecule has 1 aromatic heterocycles. The summed E-state index contributed by atoms with van der Waals surface area (Å²) >= 11 is 0. The van der Waals surface area contributed by atoms with E-state index in [1.165, 1.54) is 24.3 Å². The smallest absolute Gasteiger partial charge is 0.326 e. The first-order chi connectivity index (χ1) is 12.5. The van der Waals surface area contributed by atoms with Crippen molar-refractivity contribution in [1.82, 2.24) is 10.3 Å². The molecule has 0 saturated heterocycles. The van der Waals surface area contributed by atoms with Crippen LogP contribution in [0.2, 0.25) is 0 Å². The van der Waals surface area contributed by atoms with E-state index in [4.69, 9.17) is 0 Å². The summed E-state index contributed by atoms with van der Waals surface area (Å²) in [5, 5.41) is 12.9. The first-order valence-corrected chi connectivity index (χ1v) is 8.12. The zero-order chi connectivity index (χ0) is 18.5. The molecule has 0 fully saturated rings. The third-order valence-corrected chi connectivity index (χ3v) is 3.98. The second-order valence-electron chi connectivity index (χ2n) is 5.96. The third kappa shape index (κ3) is 4.42. The molecule has 1 heterocycles. The van der Waals surface area contributed by atoms with E-state index in [1.54, 1.807) is 6.07 Å². The van der Waals surface area contributed by atoms with Crippen LogP contribution in [-0.2, 0) is 22.4 Å². The molecule has 3 aromatic rings. The van der Waals surface area contributed by atoms with Crippen LogP contribution >= 0.6 is 0 Å². The zero-order valence-electron chi connectivity index (χ0n) is 13.9. The predicted octanol–water partition coefficient (Wildman–Crippen LogP) is 2.73. The number of aliphatic carboxylic acids is 1. The highest BCUT2D eigenvalue weighted by molar-refractivity contribution is 5.85. The number of carbonyl (C=O) groups is 2. The van der Waals surface area contributed by atoms with Gasteiger partial charge in [0.15, 0.2) is 0 Å². The third-order valence-electron chi connectivity index (χ3n) is 3.98. The average Bonchev–Trinajstić information content (AvgIpc) is 2.63. The second-order valence-corrected chi connectivity index (χ2v) is 5.96. The number of rotatable bonds is 6. The first-order valence-electron chi connectivity index (χ1n) is 8.12. The van der Waals surface area contributed by atoms with Crippen LogP contribution in [0.4, 0.5) is 4.39 Å². The summed E-state index contributed by atoms with van der Waals surface area (Å²) in [5.41, 5.74) is 1.96. The largest absolute Gasteiger partial charge is 0.480 e. The summed E-state index contributed by atoms with van der Waals surface area (Å²) in [6.07, 6.45) is 0.0601. The molecule has 0 spiro atoms. The minimum atomic E-state index is -1.13. The Morgan fingerprint density at radius 1 is 1.04 bits per heavy atom. The molecular weight excluding hydrogens is 335 g/mol. The van der Waals surface area contributed by atoms with E-state index in [-0.39, 0.29) is 18.7 Å². The van der Waals surface area contributed by atoms with Crippen molar-refractivity contribution in [2.24, 2.45) is 0 Å². The van der Waals surface area contributed by atoms with Gasteiger partial charge in [0.1, 0.15) is 11.9 Å². The monoisotopic (exact) mass is 352 g/mol. The number of carboxylic acid groups (broad SMARTS) is 1. The van der Waals surface area contributed by atoms with Gasteiger partial charge in [-0.2, -0.15) is 0 Å². The maximum absolute atomic E-state index is 12.9. The second kappa shape index (κ2) is 7.74. The standard InChI is InChI=1S/C20H17FN2O3/c21-15-8-5-13(6-9-15)11-19(24)23-18(20(25)26)12-16-10-7-14-3-1-2-4-17(14)22-16/h1-10,18H,11-12H2,(H,23,24)(H,25,26)/t18-/m0/s1. The number of para-hydroxylation sites is 1. The highest BCUT2D eigenvalue weighted by atomic mass is 19.1. The van der Waals surface area contributed by atoms with E-state index >= 15 is 0 Å². The Labute approximate surface area is 149 Å². The molecule has 2 aromatic carbocycles. The number of carbonyl (C=O) groups excluding carboxylic acids is 1. The van der Waals surface area contributed by atoms with Gasteiger partial charge in [0.2, 0.25) is 5.91 Å². The van der Waals surface area contributed by atoms with Gasteiger partial charge in [-0.05, 0) is 29.8 Å². The molecule has 0 aliphatic carbocycles. The fraction of sp³-hybridized carbons (Fsp3) is 0.150. The van der Waals surface area contributed by atoms with Crippen molar-refractivity contribution in [1.29, 1.82) is 0 Å². The molecule has 2 N–H and O–H groups in total. The van der Waals surface area contributed by atoms with E-state index in [1.807, 2.05) is 30.3 Å². The number of aromatic nitrogens is 1. The maximum Gasteiger partial charge on any atom is 0.326 e. The minimum absolute atomic E-state index is 0.0186. The summed E-state index contributed by atoms with van der Waals surface area (Å²) in [6, 6.07) is 15.6. The number of nitrogens with one attached hydrogen (secondary N) is 1. The normalized spacial score (nSPS) is 11.9. The van der Waals surface area contributed by atoms with Crippen LogP contribution in [-0.4, -0.2) is 28.0 Å². The van der Waals surface area contributed by atoms with E-state index in [2.05, 4.69) is 10.3 Å². The van der Waals surface area contributed by atoms with Crippen molar-refractivity contribution in [3.8, 4) is 0 Å². The number of fused-ring (bicyclic) bond motifs is 1. The maximum atomic E-state index is 12.9. The van der Waals surface area contributed by atoms with Crippen LogP contribution in [0.15, 0.2) is 60.7 Å². The molecule has 0 aliphatic heterocycles. The van der Waals surface area contributed by atoms with Gasteiger partial charge in [0, 0.05) is 17.5 Å². The Balaban J connectivity index is 1.68. The number of nitrogens with zero attached hydrogens (tertiary/aromatic N) is 1. The Bertz CT molecular complexity index is 941. The number of pyridine rings is 1. The van der Waals surface area contributed by atoms with Gasteiger partial charge in [-0.1, -0.05) is 36.4 Å². The fourth-order valence-corrected chi connectivity index (χ4v) is 2.66. The molecule has 6 heteroatoms. The molecule has 0 radical (unpaired) electrons. The van der Waals surface area contributed by atoms with Crippen molar-refractivity contribution < 1.29 is 19.1 Å². The average molecular weight is 352 g/mol. The highest BCUT2D eigenvalue weighted by Gasteiger charge is 2.21. The fourth-order valence-electron chi connectivity index (χ4n) is 2.66. The number of hydrogen-bond acceptors (Lipinski definition) is 3. The van der Waals surface area contributed by atoms with Crippen molar-refractivity contribution >= 4 is 22.8 Å². The van der Waals surface area contributed by atoms with Gasteiger partial charge < -0.3 is 10.4 Å². The molecular formula is C20H17FN2O3. The molecule has 1 atom stereocenters. The van der Waals surface area contributed by atoms with Crippen LogP contribution in [0.5, 0.6) is 0 Å². The van der Waals surface area contributed by atoms with Crippen LogP contribution in [0.1, 0.15) is 11.3 Å². The zero-order valence-corrected chi connectivity index (χ0v) is 13.9. The van der Waals surface area contributed by atoms with Gasteiger partial charge in [-0.15, -0.1) is 0 Å². The van der Waals surface area contributed by atoms with E-state index in [0.29, 0.717) is 11.3 Å². The topological polar surface area (TPSA) is 79.3 Å². The number of amides is 1. The molecule has 26 heavy (non-hydrogen) atoms. The molecule has 3 rings (SSSR count). The van der Waals surface area contributed by atoms with Gasteiger partial charge >= 0.3 is 5.97 Å². The van der Waals surface area contributed by atoms with Crippen molar-refractivity contribution in [3.05, 3.63) is 77.7 Å². The lowest BCUT2D eigenvalue weighted by molar-refractivity contribution is -0.141. The Morgan fingerprint density at radius 2 is 1.77 bits per heavy atom. The Morgan fingerprint density at radius 3 is 2.50 bits per heavy atom. The quantitative estimate of drug-likeness (QED) is 0.715. The molecule has 132 valence electrons. The van der Waals surface area contributed by atoms with Gasteiger partial charge in [-0.25, -0.2) is 9.18 Å². The summed E-state index contributed by atoms with van der Waals surface area (Å²) in [6.45, 7) is 0. The predicted molar refractivity (Wildman–Crippen MR) is 95.1 cm³/mol. The lowest BCUT2D eigenvalue weighted by Crippen LogP contribution is -2.43. The van der Waals surface area contributed by atoms with Crippen molar-refractivity contribution in [2.75, 3.05) is 0 Å². The van der Waals surface area contributed by atoms with Crippen molar-refractivity contribution in [3.63, 3.8) is 0 Å². The van der Waals surface area contributed by atoms with Crippen LogP contribution < -0.4 is 5.32 Å². The lowest BCUT2D eigenvalue weighted by Gasteiger charge is -2.14. The van der Waals surface area contributed by atoms with Gasteiger partial charge in [0.05, 0.1) is 11.9 Å². The van der Waals surface area contributed by atoms with Gasteiger partial charge in [-0.3, -0.25) is 9.78 Å². The SMILES string of the molecule is O=C(Cc1ccc(F)cc1)N[C@@H](Cc1ccc2ccccc2n1)C(=O)O. The Kier molecular flexibility index (Phi) is 5.22. The first kappa shape index (κ1) is 17.5. The summed E-state index contributed by atoms with van der Waals surface area (Å²) < 4.78 is 12.9. The van der Waals surface area contributed by atoms with E-state index in [0.717, 1.165) is 10.9 Å². The number of benzene rings is 2. The lowest BCUT2D eigenvalue weighted by atomic mass is 10.1. The summed E-state index contributed by atoms with van der Waals surface area (Å²) in [4.78, 5) is 28.1. The van der Waals surface area contributed by atoms with E-state index in [9.17, 15) is 19.1 Å². The Hall–Kier alpha value is -3.28. The van der Waals surface area contributed by atoms with E-state index < -0.39 is 17.9 Å². The van der Waals surface area contributed by atoms with Crippen LogP contribution in [0.25, 0.3) is 10.9 Å². The summed E-state index contributed by atoms with van der Waals surface area (Å²) in [5.74, 6) is -1.96. The summed E-state index contributed by atoms with van der Waals surface area (Å²) in [7, 11) is 0. The molecule has 5 nitrogen and oxygen atoms in total. The van der Waals surface area contributed by atoms with Crippen molar-refractivity contribution in [2.45, 2.75) is 18.9 Å². The molecule has 0 bridgehead atoms. The number of halogens is 1.